The van der Waals surface area contributed by atoms with Gasteiger partial charge in [0, 0.05) is 18.2 Å². The zero-order chi connectivity index (χ0) is 16.4. The van der Waals surface area contributed by atoms with Crippen LogP contribution in [-0.4, -0.2) is 15.3 Å². The van der Waals surface area contributed by atoms with Crippen molar-refractivity contribution >= 4 is 11.0 Å². The maximum absolute atomic E-state index is 12.1. The Morgan fingerprint density at radius 2 is 1.74 bits per heavy atom. The lowest BCUT2D eigenvalue weighted by Gasteiger charge is -2.08. The van der Waals surface area contributed by atoms with Crippen molar-refractivity contribution in [1.29, 1.82) is 0 Å². The Morgan fingerprint density at radius 1 is 0.957 bits per heavy atom. The smallest absolute Gasteiger partial charge is 0.196 e. The molecule has 0 aliphatic heterocycles. The highest BCUT2D eigenvalue weighted by Gasteiger charge is 2.12. The van der Waals surface area contributed by atoms with Crippen LogP contribution in [0, 0.1) is 0 Å². The van der Waals surface area contributed by atoms with E-state index in [2.05, 4.69) is 5.32 Å². The van der Waals surface area contributed by atoms with Gasteiger partial charge in [0.2, 0.25) is 0 Å². The quantitative estimate of drug-likeness (QED) is 0.551. The predicted octanol–water partition coefficient (Wildman–Crippen LogP) is 2.20. The topological polar surface area (TPSA) is 103 Å². The van der Waals surface area contributed by atoms with Crippen LogP contribution in [0.25, 0.3) is 11.0 Å². The minimum absolute atomic E-state index is 0.0468. The standard InChI is InChI=1S/C17H15NO5/c19-12-4-2-1-3-10(12)8-18-9-11-7-14(21)16-15(23-11)6-5-13(20)17(16)22/h1-7,18-20,22H,8-9H2. The van der Waals surface area contributed by atoms with E-state index in [4.69, 9.17) is 4.42 Å². The molecule has 0 aliphatic carbocycles. The highest BCUT2D eigenvalue weighted by molar-refractivity contribution is 5.85. The molecule has 3 aromatic rings. The second-order valence-corrected chi connectivity index (χ2v) is 5.12. The van der Waals surface area contributed by atoms with E-state index in [1.54, 1.807) is 18.2 Å². The fourth-order valence-electron chi connectivity index (χ4n) is 2.34. The van der Waals surface area contributed by atoms with Crippen LogP contribution < -0.4 is 10.7 Å². The summed E-state index contributed by atoms with van der Waals surface area (Å²) in [4.78, 5) is 12.1. The van der Waals surface area contributed by atoms with Crippen molar-refractivity contribution in [2.75, 3.05) is 0 Å². The summed E-state index contributed by atoms with van der Waals surface area (Å²) in [5.41, 5.74) is 0.504. The number of fused-ring (bicyclic) bond motifs is 1. The van der Waals surface area contributed by atoms with Crippen LogP contribution in [0.3, 0.4) is 0 Å². The molecule has 0 radical (unpaired) electrons. The molecule has 0 amide bonds. The lowest BCUT2D eigenvalue weighted by Crippen LogP contribution is -2.14. The maximum atomic E-state index is 12.1. The van der Waals surface area contributed by atoms with Crippen molar-refractivity contribution in [3.8, 4) is 17.2 Å². The number of hydrogen-bond acceptors (Lipinski definition) is 6. The van der Waals surface area contributed by atoms with Gasteiger partial charge in [-0.15, -0.1) is 0 Å². The highest BCUT2D eigenvalue weighted by atomic mass is 16.3. The van der Waals surface area contributed by atoms with Crippen molar-refractivity contribution in [2.45, 2.75) is 13.1 Å². The molecule has 6 nitrogen and oxygen atoms in total. The number of benzene rings is 2. The second-order valence-electron chi connectivity index (χ2n) is 5.12. The number of para-hydroxylation sites is 1. The highest BCUT2D eigenvalue weighted by Crippen LogP contribution is 2.31. The molecule has 0 saturated heterocycles. The molecule has 118 valence electrons. The molecular formula is C17H15NO5. The summed E-state index contributed by atoms with van der Waals surface area (Å²) in [6.45, 7) is 0.691. The molecule has 3 rings (SSSR count). The summed E-state index contributed by atoms with van der Waals surface area (Å²) in [5.74, 6) is -0.261. The number of aromatic hydroxyl groups is 3. The first kappa shape index (κ1) is 14.9. The molecule has 0 atom stereocenters. The Hall–Kier alpha value is -2.99. The van der Waals surface area contributed by atoms with Gasteiger partial charge in [-0.05, 0) is 18.2 Å². The molecule has 23 heavy (non-hydrogen) atoms. The summed E-state index contributed by atoms with van der Waals surface area (Å²) in [5, 5.41) is 31.9. The average Bonchev–Trinajstić information content (AvgIpc) is 2.52. The fourth-order valence-corrected chi connectivity index (χ4v) is 2.34. The molecule has 4 N–H and O–H groups in total. The Morgan fingerprint density at radius 3 is 2.52 bits per heavy atom. The largest absolute Gasteiger partial charge is 0.508 e. The lowest BCUT2D eigenvalue weighted by molar-refractivity contribution is 0.406. The number of nitrogens with one attached hydrogen (secondary N) is 1. The third-order valence-electron chi connectivity index (χ3n) is 3.50. The van der Waals surface area contributed by atoms with E-state index in [1.807, 2.05) is 6.07 Å². The number of phenolic OH excluding ortho intramolecular Hbond substituents is 3. The van der Waals surface area contributed by atoms with Gasteiger partial charge >= 0.3 is 0 Å². The van der Waals surface area contributed by atoms with Gasteiger partial charge in [0.05, 0.1) is 6.54 Å². The van der Waals surface area contributed by atoms with E-state index in [0.29, 0.717) is 12.3 Å². The number of phenols is 3. The van der Waals surface area contributed by atoms with Gasteiger partial charge in [0.25, 0.3) is 0 Å². The van der Waals surface area contributed by atoms with Gasteiger partial charge < -0.3 is 25.1 Å². The van der Waals surface area contributed by atoms with E-state index < -0.39 is 11.2 Å². The summed E-state index contributed by atoms with van der Waals surface area (Å²) in [6, 6.07) is 10.9. The van der Waals surface area contributed by atoms with E-state index in [-0.39, 0.29) is 29.0 Å². The lowest BCUT2D eigenvalue weighted by atomic mass is 10.2. The van der Waals surface area contributed by atoms with Crippen LogP contribution in [0.5, 0.6) is 17.2 Å². The Bertz CT molecular complexity index is 916. The molecule has 2 aromatic carbocycles. The Labute approximate surface area is 131 Å². The molecule has 0 spiro atoms. The molecular weight excluding hydrogens is 298 g/mol. The van der Waals surface area contributed by atoms with Crippen LogP contribution in [0.4, 0.5) is 0 Å². The zero-order valence-electron chi connectivity index (χ0n) is 12.1. The zero-order valence-corrected chi connectivity index (χ0v) is 12.1. The van der Waals surface area contributed by atoms with E-state index in [9.17, 15) is 20.1 Å². The summed E-state index contributed by atoms with van der Waals surface area (Å²) in [7, 11) is 0. The van der Waals surface area contributed by atoms with Crippen LogP contribution in [-0.2, 0) is 13.1 Å². The molecule has 0 saturated carbocycles. The fraction of sp³-hybridized carbons (Fsp3) is 0.118. The number of hydrogen-bond donors (Lipinski definition) is 4. The van der Waals surface area contributed by atoms with Gasteiger partial charge in [-0.25, -0.2) is 0 Å². The minimum Gasteiger partial charge on any atom is -0.508 e. The minimum atomic E-state index is -0.482. The molecule has 6 heteroatoms. The van der Waals surface area contributed by atoms with Crippen molar-refractivity contribution in [3.05, 3.63) is 64.0 Å². The van der Waals surface area contributed by atoms with Crippen molar-refractivity contribution in [1.82, 2.24) is 5.32 Å². The van der Waals surface area contributed by atoms with Crippen LogP contribution >= 0.6 is 0 Å². The monoisotopic (exact) mass is 313 g/mol. The first-order valence-corrected chi connectivity index (χ1v) is 7.01. The van der Waals surface area contributed by atoms with Gasteiger partial charge in [0.15, 0.2) is 16.9 Å². The van der Waals surface area contributed by atoms with Crippen LogP contribution in [0.1, 0.15) is 11.3 Å². The molecule has 0 fully saturated rings. The van der Waals surface area contributed by atoms with E-state index in [0.717, 1.165) is 5.56 Å². The predicted molar refractivity (Wildman–Crippen MR) is 84.5 cm³/mol. The average molecular weight is 313 g/mol. The van der Waals surface area contributed by atoms with E-state index in [1.165, 1.54) is 18.2 Å². The Kier molecular flexibility index (Phi) is 3.91. The third kappa shape index (κ3) is 2.97. The Balaban J connectivity index is 1.80. The van der Waals surface area contributed by atoms with Crippen LogP contribution in [0.2, 0.25) is 0 Å². The van der Waals surface area contributed by atoms with Gasteiger partial charge in [0.1, 0.15) is 22.5 Å². The van der Waals surface area contributed by atoms with Crippen molar-refractivity contribution in [2.24, 2.45) is 0 Å². The molecule has 0 bridgehead atoms. The maximum Gasteiger partial charge on any atom is 0.196 e. The van der Waals surface area contributed by atoms with Gasteiger partial charge in [-0.3, -0.25) is 4.79 Å². The first-order valence-electron chi connectivity index (χ1n) is 7.01. The van der Waals surface area contributed by atoms with Crippen molar-refractivity contribution in [3.63, 3.8) is 0 Å². The van der Waals surface area contributed by atoms with Crippen molar-refractivity contribution < 1.29 is 19.7 Å². The third-order valence-corrected chi connectivity index (χ3v) is 3.50. The molecule has 0 unspecified atom stereocenters. The first-order chi connectivity index (χ1) is 11.1. The van der Waals surface area contributed by atoms with E-state index >= 15 is 0 Å². The summed E-state index contributed by atoms with van der Waals surface area (Å²) < 4.78 is 5.55. The second kappa shape index (κ2) is 6.02. The molecule has 0 aliphatic rings. The van der Waals surface area contributed by atoms with Gasteiger partial charge in [-0.1, -0.05) is 18.2 Å². The van der Waals surface area contributed by atoms with Crippen LogP contribution in [0.15, 0.2) is 51.7 Å². The summed E-state index contributed by atoms with van der Waals surface area (Å²) in [6.07, 6.45) is 0. The molecule has 1 heterocycles. The summed E-state index contributed by atoms with van der Waals surface area (Å²) >= 11 is 0. The SMILES string of the molecule is O=c1cc(CNCc2ccccc2O)oc2ccc(O)c(O)c12. The number of rotatable bonds is 4. The normalized spacial score (nSPS) is 11.0. The van der Waals surface area contributed by atoms with Gasteiger partial charge in [-0.2, -0.15) is 0 Å². The molecule has 1 aromatic heterocycles.